The van der Waals surface area contributed by atoms with Crippen LogP contribution in [0.5, 0.6) is 5.75 Å². The number of hydrogen-bond donors (Lipinski definition) is 1. The van der Waals surface area contributed by atoms with Crippen LogP contribution in [0.15, 0.2) is 48.5 Å². The third kappa shape index (κ3) is 4.00. The number of fused-ring (bicyclic) bond motifs is 1. The van der Waals surface area contributed by atoms with Crippen LogP contribution in [0.1, 0.15) is 24.3 Å². The molecule has 3 saturated heterocycles. The van der Waals surface area contributed by atoms with E-state index in [1.807, 2.05) is 24.3 Å². The number of carbonyl (C=O) groups is 2. The summed E-state index contributed by atoms with van der Waals surface area (Å²) < 4.78 is 10.7. The Hall–Kier alpha value is -2.90. The molecule has 3 aliphatic rings. The number of aliphatic hydroxyl groups excluding tert-OH is 1. The summed E-state index contributed by atoms with van der Waals surface area (Å²) in [5.41, 5.74) is 3.22. The van der Waals surface area contributed by atoms with E-state index in [2.05, 4.69) is 24.3 Å². The largest absolute Gasteiger partial charge is 0.497 e. The number of rotatable bonds is 5. The Balaban J connectivity index is 1.35. The van der Waals surface area contributed by atoms with Gasteiger partial charge in [-0.1, -0.05) is 36.4 Å². The van der Waals surface area contributed by atoms with E-state index in [9.17, 15) is 14.7 Å². The molecule has 3 atom stereocenters. The van der Waals surface area contributed by atoms with Crippen molar-refractivity contribution in [1.82, 2.24) is 9.80 Å². The van der Waals surface area contributed by atoms with Crippen LogP contribution < -0.4 is 4.74 Å². The van der Waals surface area contributed by atoms with Crippen LogP contribution in [-0.4, -0.2) is 78.8 Å². The summed E-state index contributed by atoms with van der Waals surface area (Å²) in [6.07, 6.45) is 1.43. The number of piperazine rings is 1. The van der Waals surface area contributed by atoms with Crippen LogP contribution in [0.3, 0.4) is 0 Å². The fraction of sp³-hybridized carbons (Fsp3) is 0.462. The quantitative estimate of drug-likeness (QED) is 0.756. The van der Waals surface area contributed by atoms with Gasteiger partial charge in [-0.15, -0.1) is 0 Å². The van der Waals surface area contributed by atoms with Gasteiger partial charge in [0.15, 0.2) is 0 Å². The monoisotopic (exact) mass is 450 g/mol. The van der Waals surface area contributed by atoms with Gasteiger partial charge in [0.1, 0.15) is 5.75 Å². The molecule has 0 aromatic heterocycles. The summed E-state index contributed by atoms with van der Waals surface area (Å²) in [5, 5.41) is 10.0. The Kier molecular flexibility index (Phi) is 6.08. The van der Waals surface area contributed by atoms with E-state index >= 15 is 0 Å². The Morgan fingerprint density at radius 3 is 2.58 bits per heavy atom. The van der Waals surface area contributed by atoms with E-state index in [1.165, 1.54) is 0 Å². The highest BCUT2D eigenvalue weighted by molar-refractivity contribution is 5.88. The molecule has 174 valence electrons. The molecule has 2 aromatic carbocycles. The Labute approximate surface area is 193 Å². The normalized spacial score (nSPS) is 25.4. The minimum Gasteiger partial charge on any atom is -0.497 e. The fourth-order valence-corrected chi connectivity index (χ4v) is 5.57. The lowest BCUT2D eigenvalue weighted by Gasteiger charge is -2.59. The van der Waals surface area contributed by atoms with Gasteiger partial charge >= 0.3 is 0 Å². The zero-order valence-electron chi connectivity index (χ0n) is 18.9. The van der Waals surface area contributed by atoms with Gasteiger partial charge in [-0.2, -0.15) is 0 Å². The van der Waals surface area contributed by atoms with Crippen LogP contribution in [0, 0.1) is 5.92 Å². The predicted molar refractivity (Wildman–Crippen MR) is 123 cm³/mol. The highest BCUT2D eigenvalue weighted by Crippen LogP contribution is 2.43. The third-order valence-corrected chi connectivity index (χ3v) is 7.33. The van der Waals surface area contributed by atoms with Crippen LogP contribution in [0.4, 0.5) is 0 Å². The minimum atomic E-state index is -0.245. The molecule has 33 heavy (non-hydrogen) atoms. The van der Waals surface area contributed by atoms with Gasteiger partial charge in [-0.3, -0.25) is 9.59 Å². The highest BCUT2D eigenvalue weighted by Gasteiger charge is 2.54. The van der Waals surface area contributed by atoms with Crippen molar-refractivity contribution in [2.24, 2.45) is 5.92 Å². The van der Waals surface area contributed by atoms with Crippen LogP contribution in [0.25, 0.3) is 11.1 Å². The molecule has 7 heteroatoms. The molecule has 0 bridgehead atoms. The zero-order chi connectivity index (χ0) is 22.9. The first-order valence-electron chi connectivity index (χ1n) is 11.6. The molecular weight excluding hydrogens is 420 g/mol. The molecule has 3 fully saturated rings. The predicted octanol–water partition coefficient (Wildman–Crippen LogP) is 2.29. The lowest BCUT2D eigenvalue weighted by atomic mass is 9.73. The van der Waals surface area contributed by atoms with Gasteiger partial charge in [0.05, 0.1) is 32.3 Å². The van der Waals surface area contributed by atoms with Crippen molar-refractivity contribution in [2.75, 3.05) is 40.0 Å². The van der Waals surface area contributed by atoms with E-state index in [1.54, 1.807) is 16.9 Å². The Morgan fingerprint density at radius 1 is 1.12 bits per heavy atom. The number of ether oxygens (including phenoxy) is 2. The molecule has 5 rings (SSSR count). The molecule has 1 N–H and O–H groups in total. The SMILES string of the molecule is COc1cccc(-c2ccc([C@H]3[C@@H](CO)N4C(=O)CN(C(=O)C5CCOCC5)C[C@@H]34)cc2)c1. The summed E-state index contributed by atoms with van der Waals surface area (Å²) in [6, 6.07) is 15.8. The molecule has 0 spiro atoms. The first kappa shape index (κ1) is 21.9. The number of aliphatic hydroxyl groups is 1. The van der Waals surface area contributed by atoms with Crippen LogP contribution >= 0.6 is 0 Å². The van der Waals surface area contributed by atoms with Crippen molar-refractivity contribution in [2.45, 2.75) is 30.8 Å². The standard InChI is InChI=1S/C26H30N2O5/c1-32-21-4-2-3-20(13-21)17-5-7-18(8-6-17)25-22-14-27(15-24(30)28(22)23(25)16-29)26(31)19-9-11-33-12-10-19/h2-8,13,19,22-23,25,29H,9-12,14-16H2,1H3/t22-,23+,25+/m0/s1. The third-order valence-electron chi connectivity index (χ3n) is 7.33. The van der Waals surface area contributed by atoms with Crippen molar-refractivity contribution >= 4 is 11.8 Å². The maximum atomic E-state index is 13.1. The molecule has 0 radical (unpaired) electrons. The molecular formula is C26H30N2O5. The van der Waals surface area contributed by atoms with E-state index in [-0.39, 0.29) is 48.9 Å². The summed E-state index contributed by atoms with van der Waals surface area (Å²) in [5.74, 6) is 0.735. The lowest BCUT2D eigenvalue weighted by Crippen LogP contribution is -2.73. The van der Waals surface area contributed by atoms with Gasteiger partial charge in [-0.25, -0.2) is 0 Å². The Morgan fingerprint density at radius 2 is 1.88 bits per heavy atom. The van der Waals surface area contributed by atoms with E-state index < -0.39 is 0 Å². The maximum absolute atomic E-state index is 13.1. The molecule has 0 aliphatic carbocycles. The van der Waals surface area contributed by atoms with Gasteiger partial charge in [0, 0.05) is 31.6 Å². The van der Waals surface area contributed by atoms with Crippen molar-refractivity contribution in [1.29, 1.82) is 0 Å². The van der Waals surface area contributed by atoms with Gasteiger partial charge in [0.2, 0.25) is 11.8 Å². The van der Waals surface area contributed by atoms with E-state index in [0.717, 1.165) is 22.4 Å². The summed E-state index contributed by atoms with van der Waals surface area (Å²) in [6.45, 7) is 1.73. The van der Waals surface area contributed by atoms with E-state index in [0.29, 0.717) is 32.6 Å². The number of benzene rings is 2. The molecule has 2 aromatic rings. The number of carbonyl (C=O) groups excluding carboxylic acids is 2. The fourth-order valence-electron chi connectivity index (χ4n) is 5.57. The van der Waals surface area contributed by atoms with Crippen LogP contribution in [0.2, 0.25) is 0 Å². The molecule has 2 amide bonds. The second-order valence-corrected chi connectivity index (χ2v) is 9.10. The zero-order valence-corrected chi connectivity index (χ0v) is 18.9. The molecule has 0 saturated carbocycles. The van der Waals surface area contributed by atoms with Crippen molar-refractivity contribution < 1.29 is 24.2 Å². The molecule has 7 nitrogen and oxygen atoms in total. The average molecular weight is 451 g/mol. The first-order chi connectivity index (χ1) is 16.1. The van der Waals surface area contributed by atoms with E-state index in [4.69, 9.17) is 9.47 Å². The number of nitrogens with zero attached hydrogens (tertiary/aromatic N) is 2. The highest BCUT2D eigenvalue weighted by atomic mass is 16.5. The lowest BCUT2D eigenvalue weighted by molar-refractivity contribution is -0.169. The molecule has 0 unspecified atom stereocenters. The second-order valence-electron chi connectivity index (χ2n) is 9.10. The van der Waals surface area contributed by atoms with Gasteiger partial charge in [-0.05, 0) is 41.7 Å². The summed E-state index contributed by atoms with van der Waals surface area (Å²) >= 11 is 0. The average Bonchev–Trinajstić information content (AvgIpc) is 2.85. The summed E-state index contributed by atoms with van der Waals surface area (Å²) in [4.78, 5) is 29.5. The second kappa shape index (κ2) is 9.15. The minimum absolute atomic E-state index is 0.00333. The Bertz CT molecular complexity index is 1020. The van der Waals surface area contributed by atoms with Crippen molar-refractivity contribution in [3.05, 3.63) is 54.1 Å². The van der Waals surface area contributed by atoms with Gasteiger partial charge < -0.3 is 24.4 Å². The van der Waals surface area contributed by atoms with Crippen LogP contribution in [-0.2, 0) is 14.3 Å². The smallest absolute Gasteiger partial charge is 0.242 e. The van der Waals surface area contributed by atoms with Gasteiger partial charge in [0.25, 0.3) is 0 Å². The molecule has 3 aliphatic heterocycles. The number of amides is 2. The number of hydrogen-bond acceptors (Lipinski definition) is 5. The topological polar surface area (TPSA) is 79.3 Å². The van der Waals surface area contributed by atoms with Crippen molar-refractivity contribution in [3.8, 4) is 16.9 Å². The molecule has 3 heterocycles. The number of methoxy groups -OCH3 is 1. The van der Waals surface area contributed by atoms with Crippen molar-refractivity contribution in [3.63, 3.8) is 0 Å². The maximum Gasteiger partial charge on any atom is 0.242 e. The summed E-state index contributed by atoms with van der Waals surface area (Å²) in [7, 11) is 1.65. The first-order valence-corrected chi connectivity index (χ1v) is 11.6.